The van der Waals surface area contributed by atoms with Gasteiger partial charge in [0.25, 0.3) is 5.91 Å². The predicted octanol–water partition coefficient (Wildman–Crippen LogP) is 3.97. The van der Waals surface area contributed by atoms with Gasteiger partial charge in [0.2, 0.25) is 11.8 Å². The Kier molecular flexibility index (Phi) is 6.10. The van der Waals surface area contributed by atoms with Crippen LogP contribution in [0.15, 0.2) is 54.6 Å². The van der Waals surface area contributed by atoms with Gasteiger partial charge in [0, 0.05) is 5.56 Å². The van der Waals surface area contributed by atoms with E-state index >= 15 is 0 Å². The summed E-state index contributed by atoms with van der Waals surface area (Å²) in [6.07, 6.45) is 0. The molecule has 3 amide bonds. The van der Waals surface area contributed by atoms with E-state index < -0.39 is 40.3 Å². The third-order valence-electron chi connectivity index (χ3n) is 6.72. The van der Waals surface area contributed by atoms with Crippen LogP contribution in [0, 0.1) is 0 Å². The molecule has 4 rings (SSSR count). The van der Waals surface area contributed by atoms with Gasteiger partial charge in [0.05, 0.1) is 0 Å². The Morgan fingerprint density at radius 2 is 1.05 bits per heavy atom. The summed E-state index contributed by atoms with van der Waals surface area (Å²) in [6, 6.07) is 17.7. The van der Waals surface area contributed by atoms with Gasteiger partial charge in [-0.05, 0) is 79.9 Å². The highest BCUT2D eigenvalue weighted by atomic mass is 16.4. The van der Waals surface area contributed by atoms with E-state index in [1.807, 2.05) is 42.5 Å². The molecule has 0 spiro atoms. The lowest BCUT2D eigenvalue weighted by molar-refractivity contribution is -0.147. The molecule has 0 aromatic heterocycles. The Labute approximate surface area is 214 Å². The highest BCUT2D eigenvalue weighted by Crippen LogP contribution is 2.36. The molecule has 4 aromatic rings. The second kappa shape index (κ2) is 8.73. The fraction of sp³-hybridized carbons (Fsp3) is 0.310. The normalized spacial score (nSPS) is 12.6. The van der Waals surface area contributed by atoms with Crippen molar-refractivity contribution in [1.29, 1.82) is 0 Å². The van der Waals surface area contributed by atoms with Crippen LogP contribution < -0.4 is 16.0 Å². The number of hydrogen-bond donors (Lipinski definition) is 4. The van der Waals surface area contributed by atoms with Gasteiger partial charge in [-0.15, -0.1) is 0 Å². The SMILES string of the molecule is CC(C)(NC(=O)C(C)(C)NC(=O)C(C)(C)NC(=O)c1ccc2ccc3cccc4ccc1c2c34)C(=O)O. The van der Waals surface area contributed by atoms with Crippen LogP contribution in [-0.4, -0.2) is 45.4 Å². The van der Waals surface area contributed by atoms with Crippen LogP contribution in [0.3, 0.4) is 0 Å². The number of benzene rings is 4. The minimum absolute atomic E-state index is 0.424. The van der Waals surface area contributed by atoms with Crippen LogP contribution in [0.25, 0.3) is 32.3 Å². The van der Waals surface area contributed by atoms with E-state index in [4.69, 9.17) is 0 Å². The summed E-state index contributed by atoms with van der Waals surface area (Å²) in [5.74, 6) is -2.88. The van der Waals surface area contributed by atoms with Crippen LogP contribution in [0.1, 0.15) is 51.9 Å². The predicted molar refractivity (Wildman–Crippen MR) is 144 cm³/mol. The van der Waals surface area contributed by atoms with Gasteiger partial charge in [0.1, 0.15) is 16.6 Å². The monoisotopic (exact) mass is 501 g/mol. The average molecular weight is 502 g/mol. The number of aliphatic carboxylic acids is 1. The molecule has 0 atom stereocenters. The molecule has 0 aliphatic carbocycles. The highest BCUT2D eigenvalue weighted by Gasteiger charge is 2.40. The first-order valence-electron chi connectivity index (χ1n) is 12.0. The minimum atomic E-state index is -1.52. The van der Waals surface area contributed by atoms with Gasteiger partial charge in [0.15, 0.2) is 0 Å². The maximum Gasteiger partial charge on any atom is 0.328 e. The van der Waals surface area contributed by atoms with Crippen LogP contribution >= 0.6 is 0 Å². The molecule has 8 nitrogen and oxygen atoms in total. The minimum Gasteiger partial charge on any atom is -0.480 e. The maximum absolute atomic E-state index is 13.4. The molecule has 8 heteroatoms. The summed E-state index contributed by atoms with van der Waals surface area (Å²) in [5.41, 5.74) is -3.88. The van der Waals surface area contributed by atoms with Crippen molar-refractivity contribution in [3.8, 4) is 0 Å². The summed E-state index contributed by atoms with van der Waals surface area (Å²) in [6.45, 7) is 8.74. The van der Waals surface area contributed by atoms with Crippen molar-refractivity contribution in [3.05, 3.63) is 60.2 Å². The number of carboxylic acids is 1. The zero-order valence-corrected chi connectivity index (χ0v) is 21.8. The first-order valence-corrected chi connectivity index (χ1v) is 12.0. The molecule has 0 fully saturated rings. The Balaban J connectivity index is 1.59. The second-order valence-electron chi connectivity index (χ2n) is 11.0. The van der Waals surface area contributed by atoms with E-state index in [-0.39, 0.29) is 0 Å². The maximum atomic E-state index is 13.4. The average Bonchev–Trinajstić information content (AvgIpc) is 2.81. The molecule has 0 heterocycles. The molecular weight excluding hydrogens is 470 g/mol. The largest absolute Gasteiger partial charge is 0.480 e. The van der Waals surface area contributed by atoms with Crippen LogP contribution in [0.4, 0.5) is 0 Å². The van der Waals surface area contributed by atoms with Gasteiger partial charge < -0.3 is 21.1 Å². The standard InChI is InChI=1S/C29H31N3O5/c1-27(2,24(34)31-28(3,4)25(35)32-29(5,6)26(36)37)30-23(33)20-15-13-18-11-10-16-8-7-9-17-12-14-19(20)22(18)21(16)17/h7-15H,1-6H3,(H,30,33)(H,31,34)(H,32,35)(H,36,37). The van der Waals surface area contributed by atoms with E-state index in [0.717, 1.165) is 32.3 Å². The number of amides is 3. The van der Waals surface area contributed by atoms with Gasteiger partial charge >= 0.3 is 5.97 Å². The molecule has 192 valence electrons. The highest BCUT2D eigenvalue weighted by molar-refractivity contribution is 6.26. The fourth-order valence-electron chi connectivity index (χ4n) is 4.33. The van der Waals surface area contributed by atoms with Crippen molar-refractivity contribution in [2.45, 2.75) is 58.2 Å². The molecule has 0 unspecified atom stereocenters. The Morgan fingerprint density at radius 1 is 0.595 bits per heavy atom. The number of carboxylic acid groups (broad SMARTS) is 1. The topological polar surface area (TPSA) is 125 Å². The molecule has 4 aromatic carbocycles. The fourth-order valence-corrected chi connectivity index (χ4v) is 4.33. The van der Waals surface area contributed by atoms with E-state index in [0.29, 0.717) is 5.56 Å². The zero-order valence-electron chi connectivity index (χ0n) is 21.8. The van der Waals surface area contributed by atoms with Crippen molar-refractivity contribution >= 4 is 56.0 Å². The smallest absolute Gasteiger partial charge is 0.328 e. The number of carbonyl (C=O) groups is 4. The summed E-state index contributed by atoms with van der Waals surface area (Å²) < 4.78 is 0. The third kappa shape index (κ3) is 4.67. The second-order valence-corrected chi connectivity index (χ2v) is 11.0. The molecular formula is C29H31N3O5. The number of hydrogen-bond acceptors (Lipinski definition) is 4. The van der Waals surface area contributed by atoms with Gasteiger partial charge in [-0.1, -0.05) is 48.5 Å². The number of rotatable bonds is 7. The van der Waals surface area contributed by atoms with Crippen LogP contribution in [-0.2, 0) is 14.4 Å². The summed E-state index contributed by atoms with van der Waals surface area (Å²) >= 11 is 0. The molecule has 0 saturated heterocycles. The van der Waals surface area contributed by atoms with Gasteiger partial charge in [-0.3, -0.25) is 14.4 Å². The van der Waals surface area contributed by atoms with Crippen molar-refractivity contribution in [1.82, 2.24) is 16.0 Å². The third-order valence-corrected chi connectivity index (χ3v) is 6.72. The molecule has 0 bridgehead atoms. The molecule has 4 N–H and O–H groups in total. The lowest BCUT2D eigenvalue weighted by Gasteiger charge is -2.33. The van der Waals surface area contributed by atoms with E-state index in [1.54, 1.807) is 19.9 Å². The van der Waals surface area contributed by atoms with E-state index in [1.165, 1.54) is 27.7 Å². The van der Waals surface area contributed by atoms with Crippen LogP contribution in [0.5, 0.6) is 0 Å². The Morgan fingerprint density at radius 3 is 1.62 bits per heavy atom. The summed E-state index contributed by atoms with van der Waals surface area (Å²) in [4.78, 5) is 50.7. The van der Waals surface area contributed by atoms with E-state index in [2.05, 4.69) is 22.0 Å². The van der Waals surface area contributed by atoms with Gasteiger partial charge in [-0.2, -0.15) is 0 Å². The van der Waals surface area contributed by atoms with Crippen molar-refractivity contribution in [3.63, 3.8) is 0 Å². The molecule has 0 aliphatic heterocycles. The zero-order chi connectivity index (χ0) is 27.3. The van der Waals surface area contributed by atoms with E-state index in [9.17, 15) is 24.3 Å². The molecule has 0 saturated carbocycles. The van der Waals surface area contributed by atoms with Crippen molar-refractivity contribution in [2.24, 2.45) is 0 Å². The molecule has 37 heavy (non-hydrogen) atoms. The summed E-state index contributed by atoms with van der Waals surface area (Å²) in [7, 11) is 0. The molecule has 0 radical (unpaired) electrons. The quantitative estimate of drug-likeness (QED) is 0.285. The van der Waals surface area contributed by atoms with Crippen LogP contribution in [0.2, 0.25) is 0 Å². The molecule has 0 aliphatic rings. The van der Waals surface area contributed by atoms with Gasteiger partial charge in [-0.25, -0.2) is 4.79 Å². The first kappa shape index (κ1) is 25.9. The lowest BCUT2D eigenvalue weighted by atomic mass is 9.91. The van der Waals surface area contributed by atoms with Crippen molar-refractivity contribution in [2.75, 3.05) is 0 Å². The Hall–Kier alpha value is -4.20. The Bertz CT molecular complexity index is 1550. The number of carbonyl (C=O) groups excluding carboxylic acids is 3. The van der Waals surface area contributed by atoms with Crippen molar-refractivity contribution < 1.29 is 24.3 Å². The first-order chi connectivity index (χ1) is 17.1. The number of nitrogens with one attached hydrogen (secondary N) is 3. The summed E-state index contributed by atoms with van der Waals surface area (Å²) in [5, 5.41) is 23.2. The lowest BCUT2D eigenvalue weighted by Crippen LogP contribution is -2.65.